The van der Waals surface area contributed by atoms with Crippen molar-refractivity contribution in [1.82, 2.24) is 15.0 Å². The van der Waals surface area contributed by atoms with Gasteiger partial charge in [-0.1, -0.05) is 37.0 Å². The fraction of sp³-hybridized carbons (Fsp3) is 0.350. The largest absolute Gasteiger partial charge is 0.495 e. The van der Waals surface area contributed by atoms with Gasteiger partial charge < -0.3 is 20.5 Å². The van der Waals surface area contributed by atoms with Crippen LogP contribution in [0, 0.1) is 0 Å². The summed E-state index contributed by atoms with van der Waals surface area (Å²) in [5.74, 6) is 2.54. The van der Waals surface area contributed by atoms with Crippen molar-refractivity contribution < 1.29 is 9.47 Å². The molecule has 3 aromatic rings. The van der Waals surface area contributed by atoms with Crippen molar-refractivity contribution in [3.8, 4) is 22.8 Å². The van der Waals surface area contributed by atoms with Gasteiger partial charge in [0.25, 0.3) is 0 Å². The number of nitrogen functional groups attached to an aromatic ring is 1. The minimum Gasteiger partial charge on any atom is -0.495 e. The summed E-state index contributed by atoms with van der Waals surface area (Å²) < 4.78 is 10.8. The molecule has 0 aliphatic carbocycles. The summed E-state index contributed by atoms with van der Waals surface area (Å²) in [4.78, 5) is 13.2. The number of nitrogens with zero attached hydrogens (tertiary/aromatic N) is 3. The molecule has 30 heavy (non-hydrogen) atoms. The number of aromatic nitrogens is 3. The molecular formula is C20H23Cl2N5O2S. The van der Waals surface area contributed by atoms with Crippen LogP contribution in [0.5, 0.6) is 11.5 Å². The van der Waals surface area contributed by atoms with Gasteiger partial charge >= 0.3 is 0 Å². The van der Waals surface area contributed by atoms with E-state index in [1.165, 1.54) is 14.2 Å². The molecule has 7 nitrogen and oxygen atoms in total. The van der Waals surface area contributed by atoms with Gasteiger partial charge in [0.15, 0.2) is 5.82 Å². The molecule has 160 valence electrons. The molecule has 2 aromatic heterocycles. The Hall–Kier alpha value is -2.16. The normalized spacial score (nSPS) is 11.2. The van der Waals surface area contributed by atoms with Crippen molar-refractivity contribution in [3.05, 3.63) is 28.4 Å². The second kappa shape index (κ2) is 9.76. The molecule has 0 aliphatic rings. The molecule has 2 heterocycles. The number of nitrogens with two attached hydrogens (primary N) is 1. The number of anilines is 2. The maximum Gasteiger partial charge on any atom is 0.220 e. The Labute approximate surface area is 189 Å². The molecule has 0 aliphatic heterocycles. The third-order valence-corrected chi connectivity index (χ3v) is 6.12. The molecule has 0 fully saturated rings. The van der Waals surface area contributed by atoms with E-state index in [1.54, 1.807) is 12.3 Å². The lowest BCUT2D eigenvalue weighted by Crippen LogP contribution is -2.09. The van der Waals surface area contributed by atoms with E-state index in [0.717, 1.165) is 11.1 Å². The Kier molecular flexibility index (Phi) is 7.33. The van der Waals surface area contributed by atoms with Crippen LogP contribution in [0.4, 0.5) is 11.8 Å². The van der Waals surface area contributed by atoms with E-state index in [1.807, 2.05) is 17.8 Å². The summed E-state index contributed by atoms with van der Waals surface area (Å²) in [6, 6.07) is 3.45. The van der Waals surface area contributed by atoms with E-state index < -0.39 is 0 Å². The predicted octanol–water partition coefficient (Wildman–Crippen LogP) is 5.15. The lowest BCUT2D eigenvalue weighted by atomic mass is 10.1. The van der Waals surface area contributed by atoms with Crippen molar-refractivity contribution in [2.45, 2.75) is 19.1 Å². The smallest absolute Gasteiger partial charge is 0.220 e. The molecule has 0 spiro atoms. The molecule has 3 rings (SSSR count). The molecule has 0 atom stereocenters. The van der Waals surface area contributed by atoms with Crippen LogP contribution < -0.4 is 20.5 Å². The van der Waals surface area contributed by atoms with Gasteiger partial charge in [0, 0.05) is 35.5 Å². The van der Waals surface area contributed by atoms with Crippen LogP contribution in [0.25, 0.3) is 22.2 Å². The summed E-state index contributed by atoms with van der Waals surface area (Å²) in [7, 11) is 3.06. The van der Waals surface area contributed by atoms with E-state index in [4.69, 9.17) is 43.4 Å². The fourth-order valence-corrected chi connectivity index (χ4v) is 4.26. The monoisotopic (exact) mass is 467 g/mol. The van der Waals surface area contributed by atoms with Crippen molar-refractivity contribution >= 4 is 57.6 Å². The first-order chi connectivity index (χ1) is 14.3. The number of hydrogen-bond acceptors (Lipinski definition) is 8. The van der Waals surface area contributed by atoms with Crippen LogP contribution in [0.2, 0.25) is 10.0 Å². The highest BCUT2D eigenvalue weighted by Crippen LogP contribution is 2.46. The second-order valence-corrected chi connectivity index (χ2v) is 9.09. The van der Waals surface area contributed by atoms with Gasteiger partial charge in [0.05, 0.1) is 30.0 Å². The standard InChI is InChI=1S/C20H23Cl2N5O2S/c1-10(2)30-6-5-24-19-18-11(9-25-20(23)27-18)7-12(26-19)15-16(21)13(28-3)8-14(29-4)17(15)22/h7-10H,5-6H2,1-4H3,(H,24,26)(H2,23,25,27). The number of pyridine rings is 1. The Morgan fingerprint density at radius 1 is 1.10 bits per heavy atom. The van der Waals surface area contributed by atoms with Gasteiger partial charge in [-0.25, -0.2) is 15.0 Å². The third-order valence-electron chi connectivity index (χ3n) is 4.26. The molecule has 3 N–H and O–H groups in total. The average molecular weight is 468 g/mol. The van der Waals surface area contributed by atoms with Crippen LogP contribution in [0.1, 0.15) is 13.8 Å². The SMILES string of the molecule is COc1cc(OC)c(Cl)c(-c2cc3cnc(N)nc3c(NCCSC(C)C)n2)c1Cl. The predicted molar refractivity (Wildman–Crippen MR) is 126 cm³/mol. The molecular weight excluding hydrogens is 445 g/mol. The summed E-state index contributed by atoms with van der Waals surface area (Å²) >= 11 is 15.0. The molecule has 1 aromatic carbocycles. The molecule has 0 bridgehead atoms. The topological polar surface area (TPSA) is 95.2 Å². The maximum absolute atomic E-state index is 6.59. The van der Waals surface area contributed by atoms with E-state index in [0.29, 0.717) is 55.9 Å². The molecule has 0 saturated heterocycles. The van der Waals surface area contributed by atoms with Gasteiger partial charge in [0.1, 0.15) is 17.0 Å². The number of rotatable bonds is 8. The van der Waals surface area contributed by atoms with Crippen molar-refractivity contribution in [3.63, 3.8) is 0 Å². The average Bonchev–Trinajstić information content (AvgIpc) is 2.71. The minimum atomic E-state index is 0.177. The Morgan fingerprint density at radius 2 is 1.77 bits per heavy atom. The number of nitrogens with one attached hydrogen (secondary N) is 1. The first kappa shape index (κ1) is 22.5. The van der Waals surface area contributed by atoms with Crippen molar-refractivity contribution in [2.75, 3.05) is 37.6 Å². The first-order valence-electron chi connectivity index (χ1n) is 9.24. The van der Waals surface area contributed by atoms with Crippen LogP contribution >= 0.6 is 35.0 Å². The first-order valence-corrected chi connectivity index (χ1v) is 11.0. The van der Waals surface area contributed by atoms with Gasteiger partial charge in [-0.2, -0.15) is 11.8 Å². The van der Waals surface area contributed by atoms with Crippen LogP contribution in [0.15, 0.2) is 18.3 Å². The van der Waals surface area contributed by atoms with Crippen LogP contribution in [0.3, 0.4) is 0 Å². The quantitative estimate of drug-likeness (QED) is 0.438. The van der Waals surface area contributed by atoms with Crippen LogP contribution in [-0.2, 0) is 0 Å². The number of fused-ring (bicyclic) bond motifs is 1. The van der Waals surface area contributed by atoms with E-state index >= 15 is 0 Å². The zero-order chi connectivity index (χ0) is 21.8. The Balaban J connectivity index is 2.14. The molecule has 0 radical (unpaired) electrons. The summed E-state index contributed by atoms with van der Waals surface area (Å²) in [5.41, 5.74) is 7.48. The minimum absolute atomic E-state index is 0.177. The summed E-state index contributed by atoms with van der Waals surface area (Å²) in [6.45, 7) is 5.03. The van der Waals surface area contributed by atoms with E-state index in [-0.39, 0.29) is 5.95 Å². The Morgan fingerprint density at radius 3 is 2.37 bits per heavy atom. The number of halogens is 2. The molecule has 10 heteroatoms. The van der Waals surface area contributed by atoms with Gasteiger partial charge in [-0.15, -0.1) is 0 Å². The maximum atomic E-state index is 6.59. The third kappa shape index (κ3) is 4.77. The molecule has 0 unspecified atom stereocenters. The number of hydrogen-bond donors (Lipinski definition) is 2. The highest BCUT2D eigenvalue weighted by molar-refractivity contribution is 7.99. The number of methoxy groups -OCH3 is 2. The van der Waals surface area contributed by atoms with Gasteiger partial charge in [-0.05, 0) is 11.3 Å². The highest BCUT2D eigenvalue weighted by atomic mass is 35.5. The number of thioether (sulfide) groups is 1. The van der Waals surface area contributed by atoms with E-state index in [9.17, 15) is 0 Å². The Bertz CT molecular complexity index is 1040. The van der Waals surface area contributed by atoms with Gasteiger partial charge in [0.2, 0.25) is 5.95 Å². The molecule has 0 saturated carbocycles. The van der Waals surface area contributed by atoms with Crippen LogP contribution in [-0.4, -0.2) is 46.7 Å². The lowest BCUT2D eigenvalue weighted by molar-refractivity contribution is 0.395. The second-order valence-electron chi connectivity index (χ2n) is 6.65. The van der Waals surface area contributed by atoms with Gasteiger partial charge in [-0.3, -0.25) is 0 Å². The summed E-state index contributed by atoms with van der Waals surface area (Å²) in [5, 5.41) is 5.33. The number of ether oxygens (including phenoxy) is 2. The highest BCUT2D eigenvalue weighted by Gasteiger charge is 2.21. The zero-order valence-corrected chi connectivity index (χ0v) is 19.5. The molecule has 0 amide bonds. The fourth-order valence-electron chi connectivity index (χ4n) is 2.88. The number of benzene rings is 1. The van der Waals surface area contributed by atoms with E-state index in [2.05, 4.69) is 29.1 Å². The summed E-state index contributed by atoms with van der Waals surface area (Å²) in [6.07, 6.45) is 1.65. The zero-order valence-electron chi connectivity index (χ0n) is 17.1. The lowest BCUT2D eigenvalue weighted by Gasteiger charge is -2.16. The van der Waals surface area contributed by atoms with Crippen molar-refractivity contribution in [2.24, 2.45) is 0 Å². The van der Waals surface area contributed by atoms with Crippen molar-refractivity contribution in [1.29, 1.82) is 0 Å².